The molecule has 0 N–H and O–H groups in total. The normalized spacial score (nSPS) is 14.1. The highest BCUT2D eigenvalue weighted by Crippen LogP contribution is 2.40. The summed E-state index contributed by atoms with van der Waals surface area (Å²) in [6.45, 7) is 5.13. The molecule has 3 aromatic rings. The fourth-order valence-electron chi connectivity index (χ4n) is 3.76. The van der Waals surface area contributed by atoms with Crippen molar-refractivity contribution in [3.63, 3.8) is 0 Å². The van der Waals surface area contributed by atoms with Crippen molar-refractivity contribution in [2.75, 3.05) is 51.1 Å². The molecule has 8 heteroatoms. The number of carbonyl (C=O) groups is 1. The first kappa shape index (κ1) is 22.7. The number of ether oxygens (including phenoxy) is 2. The third-order valence-electron chi connectivity index (χ3n) is 5.63. The Morgan fingerprint density at radius 1 is 1.03 bits per heavy atom. The SMILES string of the molecule is COc1ccc(OC)c2sc(N3CCN(C(=O)CCCSc4ccc(C)cc4)CC3)nc12. The summed E-state index contributed by atoms with van der Waals surface area (Å²) in [5, 5.41) is 0.949. The largest absolute Gasteiger partial charge is 0.495 e. The summed E-state index contributed by atoms with van der Waals surface area (Å²) in [4.78, 5) is 23.0. The lowest BCUT2D eigenvalue weighted by atomic mass is 10.2. The van der Waals surface area contributed by atoms with Crippen molar-refractivity contribution >= 4 is 44.4 Å². The Bertz CT molecular complexity index is 1020. The number of hydrogen-bond acceptors (Lipinski definition) is 7. The Balaban J connectivity index is 1.28. The van der Waals surface area contributed by atoms with Gasteiger partial charge in [-0.15, -0.1) is 11.8 Å². The molecule has 2 heterocycles. The molecular weight excluding hydrogens is 442 g/mol. The molecule has 0 saturated carbocycles. The monoisotopic (exact) mass is 471 g/mol. The van der Waals surface area contributed by atoms with E-state index in [2.05, 4.69) is 36.1 Å². The van der Waals surface area contributed by atoms with E-state index in [1.54, 1.807) is 25.6 Å². The molecule has 32 heavy (non-hydrogen) atoms. The van der Waals surface area contributed by atoms with E-state index in [0.29, 0.717) is 6.42 Å². The predicted octanol–water partition coefficient (Wildman–Crippen LogP) is 4.84. The average molecular weight is 472 g/mol. The highest BCUT2D eigenvalue weighted by atomic mass is 32.2. The molecule has 0 atom stereocenters. The van der Waals surface area contributed by atoms with E-state index < -0.39 is 0 Å². The lowest BCUT2D eigenvalue weighted by molar-refractivity contribution is -0.131. The quantitative estimate of drug-likeness (QED) is 0.346. The van der Waals surface area contributed by atoms with Crippen LogP contribution in [0.25, 0.3) is 10.2 Å². The second-order valence-corrected chi connectivity index (χ2v) is 9.92. The van der Waals surface area contributed by atoms with Gasteiger partial charge in [-0.1, -0.05) is 29.0 Å². The zero-order chi connectivity index (χ0) is 22.5. The van der Waals surface area contributed by atoms with Gasteiger partial charge in [0.25, 0.3) is 0 Å². The lowest BCUT2D eigenvalue weighted by Crippen LogP contribution is -2.48. The molecule has 0 radical (unpaired) electrons. The number of amides is 1. The van der Waals surface area contributed by atoms with Gasteiger partial charge in [0, 0.05) is 37.5 Å². The number of thioether (sulfide) groups is 1. The Labute approximate surface area is 197 Å². The van der Waals surface area contributed by atoms with Crippen LogP contribution in [0.2, 0.25) is 0 Å². The Hall–Kier alpha value is -2.45. The van der Waals surface area contributed by atoms with Gasteiger partial charge < -0.3 is 19.3 Å². The highest BCUT2D eigenvalue weighted by Gasteiger charge is 2.24. The van der Waals surface area contributed by atoms with Gasteiger partial charge in [-0.3, -0.25) is 4.79 Å². The first-order chi connectivity index (χ1) is 15.6. The van der Waals surface area contributed by atoms with E-state index in [9.17, 15) is 4.79 Å². The smallest absolute Gasteiger partial charge is 0.222 e. The summed E-state index contributed by atoms with van der Waals surface area (Å²) in [7, 11) is 3.33. The lowest BCUT2D eigenvalue weighted by Gasteiger charge is -2.34. The van der Waals surface area contributed by atoms with Gasteiger partial charge >= 0.3 is 0 Å². The molecule has 0 unspecified atom stereocenters. The number of thiazole rings is 1. The third kappa shape index (κ3) is 5.13. The van der Waals surface area contributed by atoms with Gasteiger partial charge in [-0.2, -0.15) is 0 Å². The molecule has 6 nitrogen and oxygen atoms in total. The summed E-state index contributed by atoms with van der Waals surface area (Å²) in [5.41, 5.74) is 2.10. The summed E-state index contributed by atoms with van der Waals surface area (Å²) >= 11 is 3.43. The van der Waals surface area contributed by atoms with Crippen LogP contribution >= 0.6 is 23.1 Å². The first-order valence-corrected chi connectivity index (χ1v) is 12.6. The van der Waals surface area contributed by atoms with E-state index in [4.69, 9.17) is 14.5 Å². The molecule has 1 aliphatic rings. The number of hydrogen-bond donors (Lipinski definition) is 0. The molecule has 0 spiro atoms. The van der Waals surface area contributed by atoms with Crippen molar-refractivity contribution in [2.45, 2.75) is 24.7 Å². The van der Waals surface area contributed by atoms with Gasteiger partial charge in [0.15, 0.2) is 5.13 Å². The summed E-state index contributed by atoms with van der Waals surface area (Å²) < 4.78 is 12.0. The summed E-state index contributed by atoms with van der Waals surface area (Å²) in [5.74, 6) is 2.77. The molecule has 2 aromatic carbocycles. The number of aromatic nitrogens is 1. The van der Waals surface area contributed by atoms with Gasteiger partial charge in [0.05, 0.1) is 14.2 Å². The van der Waals surface area contributed by atoms with Crippen LogP contribution in [-0.2, 0) is 4.79 Å². The topological polar surface area (TPSA) is 54.9 Å². The number of piperazine rings is 1. The van der Waals surface area contributed by atoms with Crippen LogP contribution in [0.3, 0.4) is 0 Å². The Kier molecular flexibility index (Phi) is 7.42. The van der Waals surface area contributed by atoms with Crippen LogP contribution in [0, 0.1) is 6.92 Å². The summed E-state index contributed by atoms with van der Waals surface area (Å²) in [6.07, 6.45) is 1.50. The van der Waals surface area contributed by atoms with Crippen LogP contribution in [0.4, 0.5) is 5.13 Å². The fraction of sp³-hybridized carbons (Fsp3) is 0.417. The molecule has 0 bridgehead atoms. The number of methoxy groups -OCH3 is 2. The maximum Gasteiger partial charge on any atom is 0.222 e. The molecule has 1 aromatic heterocycles. The second kappa shape index (κ2) is 10.4. The number of aryl methyl sites for hydroxylation is 1. The van der Waals surface area contributed by atoms with Crippen LogP contribution < -0.4 is 14.4 Å². The molecule has 1 saturated heterocycles. The van der Waals surface area contributed by atoms with E-state index in [1.807, 2.05) is 28.8 Å². The van der Waals surface area contributed by atoms with Crippen molar-refractivity contribution in [1.82, 2.24) is 9.88 Å². The minimum atomic E-state index is 0.252. The second-order valence-electron chi connectivity index (χ2n) is 7.78. The Morgan fingerprint density at radius 3 is 2.41 bits per heavy atom. The van der Waals surface area contributed by atoms with Crippen molar-refractivity contribution in [1.29, 1.82) is 0 Å². The Morgan fingerprint density at radius 2 is 1.72 bits per heavy atom. The van der Waals surface area contributed by atoms with Crippen molar-refractivity contribution < 1.29 is 14.3 Å². The maximum absolute atomic E-state index is 12.7. The molecule has 1 amide bonds. The standard InChI is InChI=1S/C24H29N3O3S2/c1-17-6-8-18(9-7-17)31-16-4-5-21(28)26-12-14-27(15-13-26)24-25-22-19(29-2)10-11-20(30-3)23(22)32-24/h6-11H,4-5,12-16H2,1-3H3. The summed E-state index contributed by atoms with van der Waals surface area (Å²) in [6, 6.07) is 12.4. The van der Waals surface area contributed by atoms with Crippen molar-refractivity contribution in [3.05, 3.63) is 42.0 Å². The number of carbonyl (C=O) groups excluding carboxylic acids is 1. The van der Waals surface area contributed by atoms with Gasteiger partial charge in [0.1, 0.15) is 21.7 Å². The van der Waals surface area contributed by atoms with E-state index in [1.165, 1.54) is 10.5 Å². The molecule has 1 aliphatic heterocycles. The third-order valence-corrected chi connectivity index (χ3v) is 7.86. The van der Waals surface area contributed by atoms with Gasteiger partial charge in [-0.05, 0) is 43.4 Å². The minimum absolute atomic E-state index is 0.252. The number of nitrogens with zero attached hydrogens (tertiary/aromatic N) is 3. The van der Waals surface area contributed by atoms with Crippen LogP contribution in [0.5, 0.6) is 11.5 Å². The van der Waals surface area contributed by atoms with E-state index in [-0.39, 0.29) is 5.91 Å². The van der Waals surface area contributed by atoms with Crippen LogP contribution in [-0.4, -0.2) is 61.9 Å². The van der Waals surface area contributed by atoms with E-state index in [0.717, 1.165) is 65.2 Å². The highest BCUT2D eigenvalue weighted by molar-refractivity contribution is 7.99. The number of anilines is 1. The predicted molar refractivity (Wildman–Crippen MR) is 133 cm³/mol. The van der Waals surface area contributed by atoms with Gasteiger partial charge in [-0.25, -0.2) is 4.98 Å². The maximum atomic E-state index is 12.7. The fourth-order valence-corrected chi connectivity index (χ4v) is 5.74. The molecule has 4 rings (SSSR count). The van der Waals surface area contributed by atoms with Gasteiger partial charge in [0.2, 0.25) is 5.91 Å². The molecular formula is C24H29N3O3S2. The average Bonchev–Trinajstić information content (AvgIpc) is 3.28. The molecule has 1 fully saturated rings. The number of rotatable bonds is 8. The zero-order valence-corrected chi connectivity index (χ0v) is 20.4. The number of fused-ring (bicyclic) bond motifs is 1. The van der Waals surface area contributed by atoms with Crippen molar-refractivity contribution in [3.8, 4) is 11.5 Å². The molecule has 0 aliphatic carbocycles. The first-order valence-electron chi connectivity index (χ1n) is 10.8. The van der Waals surface area contributed by atoms with Crippen molar-refractivity contribution in [2.24, 2.45) is 0 Å². The molecule has 170 valence electrons. The number of benzene rings is 2. The van der Waals surface area contributed by atoms with E-state index >= 15 is 0 Å². The van der Waals surface area contributed by atoms with Crippen LogP contribution in [0.1, 0.15) is 18.4 Å². The minimum Gasteiger partial charge on any atom is -0.495 e. The van der Waals surface area contributed by atoms with Crippen LogP contribution in [0.15, 0.2) is 41.3 Å². The zero-order valence-electron chi connectivity index (χ0n) is 18.8.